The average molecular weight is 262 g/mol. The van der Waals surface area contributed by atoms with Gasteiger partial charge in [-0.1, -0.05) is 12.1 Å². The molecule has 1 aromatic rings. The van der Waals surface area contributed by atoms with Crippen LogP contribution in [0.3, 0.4) is 0 Å². The molecule has 2 rings (SSSR count). The monoisotopic (exact) mass is 262 g/mol. The van der Waals surface area contributed by atoms with Gasteiger partial charge < -0.3 is 14.9 Å². The van der Waals surface area contributed by atoms with E-state index in [1.54, 1.807) is 14.0 Å². The summed E-state index contributed by atoms with van der Waals surface area (Å²) in [5, 5.41) is 9.39. The summed E-state index contributed by atoms with van der Waals surface area (Å²) in [6.07, 6.45) is 0.101. The zero-order chi connectivity index (χ0) is 14.0. The molecule has 5 heteroatoms. The molecule has 0 aliphatic carbocycles. The van der Waals surface area contributed by atoms with Crippen LogP contribution in [0.1, 0.15) is 12.5 Å². The molecular formula is C14H18N2O3. The largest absolute Gasteiger partial charge is 0.393 e. The number of carbonyl (C=O) groups is 2. The quantitative estimate of drug-likeness (QED) is 0.858. The Morgan fingerprint density at radius 3 is 2.68 bits per heavy atom. The van der Waals surface area contributed by atoms with Crippen molar-refractivity contribution in [3.8, 4) is 0 Å². The van der Waals surface area contributed by atoms with E-state index in [-0.39, 0.29) is 24.9 Å². The Bertz CT molecular complexity index is 499. The van der Waals surface area contributed by atoms with E-state index in [2.05, 4.69) is 0 Å². The Morgan fingerprint density at radius 1 is 1.26 bits per heavy atom. The number of nitrogens with zero attached hydrogens (tertiary/aromatic N) is 2. The molecule has 1 N–H and O–H groups in total. The van der Waals surface area contributed by atoms with Crippen LogP contribution in [0.2, 0.25) is 0 Å². The third-order valence-corrected chi connectivity index (χ3v) is 3.15. The first-order valence-electron chi connectivity index (χ1n) is 6.28. The van der Waals surface area contributed by atoms with Gasteiger partial charge in [-0.2, -0.15) is 0 Å². The number of benzene rings is 1. The predicted molar refractivity (Wildman–Crippen MR) is 71.8 cm³/mol. The van der Waals surface area contributed by atoms with Crippen LogP contribution >= 0.6 is 0 Å². The molecule has 0 aromatic heterocycles. The second-order valence-corrected chi connectivity index (χ2v) is 4.95. The van der Waals surface area contributed by atoms with Crippen molar-refractivity contribution in [3.05, 3.63) is 29.8 Å². The molecule has 5 nitrogen and oxygen atoms in total. The first kappa shape index (κ1) is 13.5. The lowest BCUT2D eigenvalue weighted by Gasteiger charge is -2.31. The van der Waals surface area contributed by atoms with Crippen molar-refractivity contribution in [1.29, 1.82) is 0 Å². The maximum atomic E-state index is 12.0. The molecule has 1 aromatic carbocycles. The molecule has 1 aliphatic heterocycles. The zero-order valence-electron chi connectivity index (χ0n) is 11.2. The van der Waals surface area contributed by atoms with Gasteiger partial charge in [0.15, 0.2) is 0 Å². The zero-order valence-corrected chi connectivity index (χ0v) is 11.2. The summed E-state index contributed by atoms with van der Waals surface area (Å²) in [6.45, 7) is 1.91. The number of aliphatic hydroxyl groups is 1. The van der Waals surface area contributed by atoms with Crippen molar-refractivity contribution in [2.24, 2.45) is 0 Å². The number of aliphatic hydroxyl groups excluding tert-OH is 1. The highest BCUT2D eigenvalue weighted by Gasteiger charge is 2.28. The van der Waals surface area contributed by atoms with Gasteiger partial charge in [-0.25, -0.2) is 0 Å². The molecule has 1 unspecified atom stereocenters. The highest BCUT2D eigenvalue weighted by atomic mass is 16.3. The van der Waals surface area contributed by atoms with E-state index < -0.39 is 6.10 Å². The van der Waals surface area contributed by atoms with Gasteiger partial charge in [-0.3, -0.25) is 9.59 Å². The van der Waals surface area contributed by atoms with Gasteiger partial charge in [0.2, 0.25) is 11.8 Å². The Labute approximate surface area is 112 Å². The average Bonchev–Trinajstić information content (AvgIpc) is 2.33. The number of hydrogen-bond acceptors (Lipinski definition) is 3. The molecule has 0 bridgehead atoms. The van der Waals surface area contributed by atoms with Gasteiger partial charge in [0.05, 0.1) is 12.6 Å². The second kappa shape index (κ2) is 5.40. The van der Waals surface area contributed by atoms with Gasteiger partial charge in [0.1, 0.15) is 6.54 Å². The van der Waals surface area contributed by atoms with Crippen LogP contribution in [0, 0.1) is 0 Å². The highest BCUT2D eigenvalue weighted by molar-refractivity contribution is 6.04. The number of piperazine rings is 1. The normalized spacial score (nSPS) is 17.8. The number of amides is 2. The van der Waals surface area contributed by atoms with Crippen molar-refractivity contribution >= 4 is 17.5 Å². The van der Waals surface area contributed by atoms with Crippen molar-refractivity contribution in [3.63, 3.8) is 0 Å². The molecule has 0 spiro atoms. The maximum absolute atomic E-state index is 12.0. The summed E-state index contributed by atoms with van der Waals surface area (Å²) in [4.78, 5) is 26.6. The minimum Gasteiger partial charge on any atom is -0.393 e. The molecular weight excluding hydrogens is 244 g/mol. The third kappa shape index (κ3) is 3.12. The minimum absolute atomic E-state index is 0.0690. The van der Waals surface area contributed by atoms with Crippen LogP contribution < -0.4 is 4.90 Å². The molecule has 0 saturated carbocycles. The van der Waals surface area contributed by atoms with Gasteiger partial charge >= 0.3 is 0 Å². The Kier molecular flexibility index (Phi) is 3.85. The molecule has 1 aliphatic rings. The lowest BCUT2D eigenvalue weighted by atomic mass is 10.1. The van der Waals surface area contributed by atoms with E-state index in [9.17, 15) is 14.7 Å². The number of hydrogen-bond donors (Lipinski definition) is 1. The summed E-state index contributed by atoms with van der Waals surface area (Å²) < 4.78 is 0. The Balaban J connectivity index is 2.21. The fraction of sp³-hybridized carbons (Fsp3) is 0.429. The van der Waals surface area contributed by atoms with Crippen molar-refractivity contribution in [2.45, 2.75) is 19.4 Å². The van der Waals surface area contributed by atoms with E-state index in [1.165, 1.54) is 9.80 Å². The maximum Gasteiger partial charge on any atom is 0.247 e. The standard InChI is InChI=1S/C14H18N2O3/c1-10(17)6-11-4-3-5-12(7-11)16-9-13(18)15(2)8-14(16)19/h3-5,7,10,17H,6,8-9H2,1-2H3. The van der Waals surface area contributed by atoms with Gasteiger partial charge in [0, 0.05) is 12.7 Å². The summed E-state index contributed by atoms with van der Waals surface area (Å²) >= 11 is 0. The summed E-state index contributed by atoms with van der Waals surface area (Å²) in [5.41, 5.74) is 1.66. The van der Waals surface area contributed by atoms with E-state index in [0.29, 0.717) is 12.1 Å². The lowest BCUT2D eigenvalue weighted by molar-refractivity contribution is -0.136. The van der Waals surface area contributed by atoms with E-state index in [1.807, 2.05) is 24.3 Å². The van der Waals surface area contributed by atoms with Crippen molar-refractivity contribution in [2.75, 3.05) is 25.0 Å². The summed E-state index contributed by atoms with van der Waals surface area (Å²) in [6, 6.07) is 7.40. The molecule has 1 atom stereocenters. The number of anilines is 1. The minimum atomic E-state index is -0.430. The molecule has 102 valence electrons. The van der Waals surface area contributed by atoms with E-state index >= 15 is 0 Å². The van der Waals surface area contributed by atoms with Crippen molar-refractivity contribution in [1.82, 2.24) is 4.90 Å². The van der Waals surface area contributed by atoms with Crippen LogP contribution in [0.4, 0.5) is 5.69 Å². The first-order valence-corrected chi connectivity index (χ1v) is 6.28. The number of rotatable bonds is 3. The van der Waals surface area contributed by atoms with Gasteiger partial charge in [-0.15, -0.1) is 0 Å². The third-order valence-electron chi connectivity index (χ3n) is 3.15. The molecule has 1 fully saturated rings. The number of likely N-dealkylation sites (N-methyl/N-ethyl adjacent to an activating group) is 1. The van der Waals surface area contributed by atoms with Crippen LogP contribution in [0.15, 0.2) is 24.3 Å². The Morgan fingerprint density at radius 2 is 2.00 bits per heavy atom. The van der Waals surface area contributed by atoms with Crippen molar-refractivity contribution < 1.29 is 14.7 Å². The Hall–Kier alpha value is -1.88. The van der Waals surface area contributed by atoms with E-state index in [0.717, 1.165) is 5.56 Å². The second-order valence-electron chi connectivity index (χ2n) is 4.95. The fourth-order valence-corrected chi connectivity index (χ4v) is 2.15. The molecule has 0 radical (unpaired) electrons. The lowest BCUT2D eigenvalue weighted by Crippen LogP contribution is -2.52. The fourth-order valence-electron chi connectivity index (χ4n) is 2.15. The first-order chi connectivity index (χ1) is 8.97. The number of carbonyl (C=O) groups excluding carboxylic acids is 2. The molecule has 1 saturated heterocycles. The summed E-state index contributed by atoms with van der Waals surface area (Å²) in [7, 11) is 1.63. The van der Waals surface area contributed by atoms with Crippen LogP contribution in [-0.4, -0.2) is 48.1 Å². The van der Waals surface area contributed by atoms with Gasteiger partial charge in [0.25, 0.3) is 0 Å². The SMILES string of the molecule is CC(O)Cc1cccc(N2CC(=O)N(C)CC2=O)c1. The van der Waals surface area contributed by atoms with E-state index in [4.69, 9.17) is 0 Å². The predicted octanol–water partition coefficient (Wildman–Crippen LogP) is 0.415. The van der Waals surface area contributed by atoms with Crippen LogP contribution in [0.5, 0.6) is 0 Å². The van der Waals surface area contributed by atoms with Gasteiger partial charge in [-0.05, 0) is 31.0 Å². The molecule has 1 heterocycles. The highest BCUT2D eigenvalue weighted by Crippen LogP contribution is 2.19. The topological polar surface area (TPSA) is 60.9 Å². The van der Waals surface area contributed by atoms with Crippen LogP contribution in [-0.2, 0) is 16.0 Å². The summed E-state index contributed by atoms with van der Waals surface area (Å²) in [5.74, 6) is -0.156. The molecule has 19 heavy (non-hydrogen) atoms. The smallest absolute Gasteiger partial charge is 0.247 e. The van der Waals surface area contributed by atoms with Crippen LogP contribution in [0.25, 0.3) is 0 Å². The molecule has 2 amide bonds.